The highest BCUT2D eigenvalue weighted by Gasteiger charge is 2.40. The van der Waals surface area contributed by atoms with Crippen molar-refractivity contribution in [2.45, 2.75) is 26.3 Å². The highest BCUT2D eigenvalue weighted by molar-refractivity contribution is 5.84. The van der Waals surface area contributed by atoms with Crippen molar-refractivity contribution in [3.05, 3.63) is 58.5 Å². The Balaban J connectivity index is 1.40. The summed E-state index contributed by atoms with van der Waals surface area (Å²) in [5.74, 6) is 0.728. The molecule has 6 rings (SSSR count). The van der Waals surface area contributed by atoms with Crippen LogP contribution in [-0.2, 0) is 0 Å². The van der Waals surface area contributed by atoms with E-state index in [9.17, 15) is 4.79 Å². The fourth-order valence-electron chi connectivity index (χ4n) is 5.38. The summed E-state index contributed by atoms with van der Waals surface area (Å²) in [6.07, 6.45) is 5.00. The molecule has 31 heavy (non-hydrogen) atoms. The lowest BCUT2D eigenvalue weighted by atomic mass is 10.0. The predicted molar refractivity (Wildman–Crippen MR) is 121 cm³/mol. The summed E-state index contributed by atoms with van der Waals surface area (Å²) in [5.41, 5.74) is 4.96. The van der Waals surface area contributed by atoms with E-state index in [0.717, 1.165) is 47.1 Å². The second-order valence-electron chi connectivity index (χ2n) is 9.03. The predicted octanol–water partition coefficient (Wildman–Crippen LogP) is 3.26. The van der Waals surface area contributed by atoms with Crippen molar-refractivity contribution in [1.29, 1.82) is 0 Å². The molecule has 2 aliphatic heterocycles. The van der Waals surface area contributed by atoms with E-state index in [1.54, 1.807) is 0 Å². The number of imidazole rings is 1. The van der Waals surface area contributed by atoms with Crippen LogP contribution in [0.15, 0.2) is 45.9 Å². The van der Waals surface area contributed by atoms with Gasteiger partial charge in [-0.25, -0.2) is 9.78 Å². The zero-order valence-electron chi connectivity index (χ0n) is 18.0. The van der Waals surface area contributed by atoms with Crippen LogP contribution < -0.4 is 10.5 Å². The van der Waals surface area contributed by atoms with Crippen LogP contribution in [0.2, 0.25) is 0 Å². The Labute approximate surface area is 179 Å². The van der Waals surface area contributed by atoms with Crippen LogP contribution in [0.4, 0.5) is 5.69 Å². The summed E-state index contributed by atoms with van der Waals surface area (Å²) in [7, 11) is 2.19. The van der Waals surface area contributed by atoms with Gasteiger partial charge in [0.1, 0.15) is 5.58 Å². The Kier molecular flexibility index (Phi) is 3.99. The molecule has 7 heteroatoms. The largest absolute Gasteiger partial charge is 0.422 e. The number of likely N-dealkylation sites (N-methyl/N-ethyl adjacent to an activating group) is 1. The van der Waals surface area contributed by atoms with Gasteiger partial charge in [-0.3, -0.25) is 4.98 Å². The quantitative estimate of drug-likeness (QED) is 0.468. The van der Waals surface area contributed by atoms with Crippen molar-refractivity contribution in [1.82, 2.24) is 19.3 Å². The molecule has 2 fully saturated rings. The number of hydrogen-bond acceptors (Lipinski definition) is 6. The van der Waals surface area contributed by atoms with Gasteiger partial charge in [-0.15, -0.1) is 0 Å². The summed E-state index contributed by atoms with van der Waals surface area (Å²) in [6, 6.07) is 8.65. The molecule has 7 nitrogen and oxygen atoms in total. The van der Waals surface area contributed by atoms with Crippen LogP contribution >= 0.6 is 0 Å². The molecule has 0 saturated carbocycles. The summed E-state index contributed by atoms with van der Waals surface area (Å²) in [6.45, 7) is 7.19. The maximum absolute atomic E-state index is 12.9. The average Bonchev–Trinajstić information content (AvgIpc) is 3.40. The smallest absolute Gasteiger partial charge is 0.345 e. The molecule has 4 aromatic rings. The lowest BCUT2D eigenvalue weighted by Crippen LogP contribution is -2.34. The second-order valence-corrected chi connectivity index (χ2v) is 9.03. The third-order valence-electron chi connectivity index (χ3n) is 6.78. The third kappa shape index (κ3) is 2.95. The Morgan fingerprint density at radius 3 is 2.84 bits per heavy atom. The van der Waals surface area contributed by atoms with Crippen molar-refractivity contribution in [2.75, 3.05) is 31.6 Å². The molecule has 158 valence electrons. The summed E-state index contributed by atoms with van der Waals surface area (Å²) in [4.78, 5) is 26.9. The normalized spacial score (nSPS) is 21.5. The number of nitrogens with zero attached hydrogens (tertiary/aromatic N) is 5. The van der Waals surface area contributed by atoms with E-state index >= 15 is 0 Å². The summed E-state index contributed by atoms with van der Waals surface area (Å²) < 4.78 is 7.69. The van der Waals surface area contributed by atoms with Gasteiger partial charge in [-0.05, 0) is 51.4 Å². The third-order valence-corrected chi connectivity index (χ3v) is 6.78. The number of aromatic nitrogens is 3. The lowest BCUT2D eigenvalue weighted by molar-refractivity contribution is 0.386. The first-order valence-electron chi connectivity index (χ1n) is 10.8. The Bertz CT molecular complexity index is 1390. The fraction of sp³-hybridized carbons (Fsp3) is 0.375. The van der Waals surface area contributed by atoms with E-state index in [0.29, 0.717) is 22.9 Å². The Morgan fingerprint density at radius 1 is 1.10 bits per heavy atom. The molecular formula is C24H25N5O2. The van der Waals surface area contributed by atoms with Gasteiger partial charge in [0.25, 0.3) is 0 Å². The SMILES string of the molecule is Cc1cn2cc(-c3cc4ccc(N5CC[C@H]6CN(C)C[C@H]65)cc4oc3=O)nc2c(C)n1. The van der Waals surface area contributed by atoms with E-state index < -0.39 is 0 Å². The summed E-state index contributed by atoms with van der Waals surface area (Å²) >= 11 is 0. The minimum atomic E-state index is -0.365. The number of hydrogen-bond donors (Lipinski definition) is 0. The van der Waals surface area contributed by atoms with Crippen molar-refractivity contribution < 1.29 is 4.42 Å². The van der Waals surface area contributed by atoms with E-state index in [2.05, 4.69) is 38.9 Å². The summed E-state index contributed by atoms with van der Waals surface area (Å²) in [5, 5.41) is 0.903. The van der Waals surface area contributed by atoms with Crippen LogP contribution in [0, 0.1) is 19.8 Å². The van der Waals surface area contributed by atoms with E-state index in [1.807, 2.05) is 42.8 Å². The molecule has 1 aromatic carbocycles. The molecule has 2 saturated heterocycles. The molecule has 2 aliphatic rings. The lowest BCUT2D eigenvalue weighted by Gasteiger charge is -2.26. The topological polar surface area (TPSA) is 66.9 Å². The average molecular weight is 415 g/mol. The van der Waals surface area contributed by atoms with Gasteiger partial charge in [-0.1, -0.05) is 0 Å². The van der Waals surface area contributed by atoms with Crippen LogP contribution in [0.25, 0.3) is 27.9 Å². The minimum absolute atomic E-state index is 0.365. The van der Waals surface area contributed by atoms with Crippen LogP contribution in [0.3, 0.4) is 0 Å². The van der Waals surface area contributed by atoms with Crippen molar-refractivity contribution in [3.63, 3.8) is 0 Å². The van der Waals surface area contributed by atoms with E-state index in [4.69, 9.17) is 4.42 Å². The monoisotopic (exact) mass is 415 g/mol. The first kappa shape index (κ1) is 18.6. The Hall–Kier alpha value is -3.19. The number of rotatable bonds is 2. The van der Waals surface area contributed by atoms with Gasteiger partial charge in [0.15, 0.2) is 5.65 Å². The molecule has 2 atom stereocenters. The molecule has 5 heterocycles. The standard InChI is InChI=1S/C24H25N5O2/c1-14-10-28-12-20(26-23(28)15(2)25-14)19-8-16-4-5-18(9-22(16)31-24(19)30)29-7-6-17-11-27(3)13-21(17)29/h4-5,8-10,12,17,21H,6-7,11,13H2,1-3H3/t17-,21+/m0/s1. The minimum Gasteiger partial charge on any atom is -0.422 e. The maximum Gasteiger partial charge on any atom is 0.345 e. The highest BCUT2D eigenvalue weighted by Crippen LogP contribution is 2.35. The maximum atomic E-state index is 12.9. The van der Waals surface area contributed by atoms with Crippen molar-refractivity contribution in [3.8, 4) is 11.3 Å². The van der Waals surface area contributed by atoms with E-state index in [1.165, 1.54) is 13.0 Å². The van der Waals surface area contributed by atoms with Crippen molar-refractivity contribution in [2.24, 2.45) is 5.92 Å². The molecule has 0 unspecified atom stereocenters. The number of fused-ring (bicyclic) bond motifs is 3. The molecule has 0 spiro atoms. The van der Waals surface area contributed by atoms with Crippen LogP contribution in [-0.4, -0.2) is 52.0 Å². The number of benzene rings is 1. The van der Waals surface area contributed by atoms with Crippen molar-refractivity contribution >= 4 is 22.3 Å². The van der Waals surface area contributed by atoms with Gasteiger partial charge in [0.05, 0.1) is 22.6 Å². The molecule has 0 bridgehead atoms. The molecular weight excluding hydrogens is 390 g/mol. The highest BCUT2D eigenvalue weighted by atomic mass is 16.4. The van der Waals surface area contributed by atoms with Crippen LogP contribution in [0.1, 0.15) is 17.8 Å². The molecule has 0 aliphatic carbocycles. The first-order valence-corrected chi connectivity index (χ1v) is 10.8. The van der Waals surface area contributed by atoms with Gasteiger partial charge in [-0.2, -0.15) is 0 Å². The number of anilines is 1. The van der Waals surface area contributed by atoms with Crippen LogP contribution in [0.5, 0.6) is 0 Å². The molecule has 3 aromatic heterocycles. The Morgan fingerprint density at radius 2 is 1.97 bits per heavy atom. The molecule has 0 amide bonds. The molecule has 0 radical (unpaired) electrons. The van der Waals surface area contributed by atoms with Gasteiger partial charge in [0.2, 0.25) is 0 Å². The number of likely N-dealkylation sites (tertiary alicyclic amines) is 1. The zero-order valence-corrected chi connectivity index (χ0v) is 18.0. The fourth-order valence-corrected chi connectivity index (χ4v) is 5.38. The first-order chi connectivity index (χ1) is 15.0. The number of aryl methyl sites for hydroxylation is 2. The second kappa shape index (κ2) is 6.65. The van der Waals surface area contributed by atoms with Gasteiger partial charge in [0, 0.05) is 55.2 Å². The zero-order chi connectivity index (χ0) is 21.3. The van der Waals surface area contributed by atoms with Gasteiger partial charge < -0.3 is 18.6 Å². The van der Waals surface area contributed by atoms with Gasteiger partial charge >= 0.3 is 5.63 Å². The molecule has 0 N–H and O–H groups in total. The van der Waals surface area contributed by atoms with E-state index in [-0.39, 0.29) is 5.63 Å².